The van der Waals surface area contributed by atoms with Gasteiger partial charge in [0.2, 0.25) is 5.95 Å². The van der Waals surface area contributed by atoms with Crippen molar-refractivity contribution in [3.63, 3.8) is 0 Å². The van der Waals surface area contributed by atoms with E-state index in [1.54, 1.807) is 13.3 Å². The largest absolute Gasteiger partial charge is 0.383 e. The monoisotopic (exact) mass is 224 g/mol. The molecule has 0 saturated carbocycles. The smallest absolute Gasteiger partial charge is 0.221 e. The van der Waals surface area contributed by atoms with Crippen LogP contribution in [0.3, 0.4) is 0 Å². The molecular weight excluding hydrogens is 204 g/mol. The molecule has 0 aliphatic carbocycles. The van der Waals surface area contributed by atoms with E-state index in [1.807, 2.05) is 6.07 Å². The van der Waals surface area contributed by atoms with E-state index in [-0.39, 0.29) is 0 Å². The van der Waals surface area contributed by atoms with E-state index >= 15 is 0 Å². The molecule has 0 spiro atoms. The maximum absolute atomic E-state index is 5.59. The van der Waals surface area contributed by atoms with Gasteiger partial charge in [-0.05, 0) is 19.4 Å². The quantitative estimate of drug-likeness (QED) is 0.789. The molecule has 1 aromatic rings. The Labute approximate surface area is 96.6 Å². The van der Waals surface area contributed by atoms with Crippen molar-refractivity contribution in [3.8, 4) is 0 Å². The van der Waals surface area contributed by atoms with Crippen molar-refractivity contribution in [1.82, 2.24) is 9.97 Å². The van der Waals surface area contributed by atoms with Gasteiger partial charge in [-0.15, -0.1) is 0 Å². The Morgan fingerprint density at radius 2 is 2.31 bits per heavy atom. The van der Waals surface area contributed by atoms with Crippen LogP contribution in [0.2, 0.25) is 0 Å². The number of methoxy groups -OCH3 is 1. The first-order valence-electron chi connectivity index (χ1n) is 5.53. The van der Waals surface area contributed by atoms with Gasteiger partial charge in [0.1, 0.15) is 5.82 Å². The summed E-state index contributed by atoms with van der Waals surface area (Å²) in [6.07, 6.45) is 2.73. The van der Waals surface area contributed by atoms with Crippen LogP contribution in [0.25, 0.3) is 0 Å². The number of ether oxygens (including phenoxy) is 1. The highest BCUT2D eigenvalue weighted by Crippen LogP contribution is 2.15. The number of nitrogens with zero attached hydrogens (tertiary/aromatic N) is 3. The maximum Gasteiger partial charge on any atom is 0.221 e. The predicted octanol–water partition coefficient (Wildman–Crippen LogP) is 1.31. The summed E-state index contributed by atoms with van der Waals surface area (Å²) in [6.45, 7) is 5.79. The van der Waals surface area contributed by atoms with Gasteiger partial charge in [-0.1, -0.05) is 6.92 Å². The van der Waals surface area contributed by atoms with Crippen LogP contribution in [-0.4, -0.2) is 36.3 Å². The van der Waals surface area contributed by atoms with Gasteiger partial charge in [0.05, 0.1) is 6.61 Å². The summed E-state index contributed by atoms with van der Waals surface area (Å²) < 4.78 is 5.10. The summed E-state index contributed by atoms with van der Waals surface area (Å²) in [5.41, 5.74) is 5.59. The van der Waals surface area contributed by atoms with Gasteiger partial charge in [-0.25, -0.2) is 4.98 Å². The van der Waals surface area contributed by atoms with Crippen LogP contribution >= 0.6 is 0 Å². The molecule has 16 heavy (non-hydrogen) atoms. The van der Waals surface area contributed by atoms with E-state index in [1.165, 1.54) is 0 Å². The minimum atomic E-state index is 0.309. The zero-order valence-corrected chi connectivity index (χ0v) is 10.2. The average Bonchev–Trinajstić information content (AvgIpc) is 2.29. The summed E-state index contributed by atoms with van der Waals surface area (Å²) >= 11 is 0. The molecule has 1 rings (SSSR count). The van der Waals surface area contributed by atoms with Crippen molar-refractivity contribution in [2.75, 3.05) is 30.9 Å². The van der Waals surface area contributed by atoms with Crippen molar-refractivity contribution in [1.29, 1.82) is 0 Å². The first kappa shape index (κ1) is 12.7. The van der Waals surface area contributed by atoms with E-state index in [2.05, 4.69) is 28.7 Å². The molecule has 0 radical (unpaired) electrons. The van der Waals surface area contributed by atoms with E-state index < -0.39 is 0 Å². The second-order valence-corrected chi connectivity index (χ2v) is 3.72. The van der Waals surface area contributed by atoms with Crippen LogP contribution in [0, 0.1) is 0 Å². The van der Waals surface area contributed by atoms with Crippen LogP contribution in [0.15, 0.2) is 12.3 Å². The molecule has 1 aromatic heterocycles. The Hall–Kier alpha value is -1.36. The molecule has 0 aliphatic rings. The summed E-state index contributed by atoms with van der Waals surface area (Å²) in [6, 6.07) is 2.28. The van der Waals surface area contributed by atoms with E-state index in [9.17, 15) is 0 Å². The lowest BCUT2D eigenvalue weighted by atomic mass is 10.2. The van der Waals surface area contributed by atoms with Crippen LogP contribution < -0.4 is 10.6 Å². The zero-order valence-electron chi connectivity index (χ0n) is 10.2. The lowest BCUT2D eigenvalue weighted by Crippen LogP contribution is -2.36. The number of aromatic nitrogens is 2. The molecule has 1 unspecified atom stereocenters. The first-order valence-corrected chi connectivity index (χ1v) is 5.53. The number of anilines is 2. The summed E-state index contributed by atoms with van der Waals surface area (Å²) in [5, 5.41) is 0. The lowest BCUT2D eigenvalue weighted by Gasteiger charge is -2.29. The number of hydrogen-bond acceptors (Lipinski definition) is 5. The van der Waals surface area contributed by atoms with Crippen LogP contribution in [-0.2, 0) is 4.74 Å². The molecule has 0 aliphatic heterocycles. The molecular formula is C11H20N4O. The summed E-state index contributed by atoms with van der Waals surface area (Å²) in [4.78, 5) is 10.3. The fourth-order valence-corrected chi connectivity index (χ4v) is 1.49. The maximum atomic E-state index is 5.59. The highest BCUT2D eigenvalue weighted by Gasteiger charge is 2.14. The molecule has 1 atom stereocenters. The van der Waals surface area contributed by atoms with Crippen molar-refractivity contribution < 1.29 is 4.74 Å². The Balaban J connectivity index is 2.82. The standard InChI is InChI=1S/C11H20N4O/c1-4-9(2)15(7-8-16-3)10-5-6-13-11(12)14-10/h5-6,9H,4,7-8H2,1-3H3,(H2,12,13,14). The highest BCUT2D eigenvalue weighted by atomic mass is 16.5. The Morgan fingerprint density at radius 3 is 2.88 bits per heavy atom. The molecule has 0 fully saturated rings. The molecule has 0 saturated heterocycles. The number of nitrogens with two attached hydrogens (primary N) is 1. The van der Waals surface area contributed by atoms with Gasteiger partial charge < -0.3 is 15.4 Å². The van der Waals surface area contributed by atoms with Crippen molar-refractivity contribution >= 4 is 11.8 Å². The molecule has 5 heteroatoms. The minimum absolute atomic E-state index is 0.309. The molecule has 0 amide bonds. The number of nitrogen functional groups attached to an aromatic ring is 1. The third kappa shape index (κ3) is 3.34. The van der Waals surface area contributed by atoms with Gasteiger partial charge in [0, 0.05) is 25.9 Å². The van der Waals surface area contributed by atoms with Gasteiger partial charge in [0.15, 0.2) is 0 Å². The number of rotatable bonds is 6. The average molecular weight is 224 g/mol. The fourth-order valence-electron chi connectivity index (χ4n) is 1.49. The first-order chi connectivity index (χ1) is 7.69. The van der Waals surface area contributed by atoms with E-state index in [0.717, 1.165) is 18.8 Å². The van der Waals surface area contributed by atoms with Gasteiger partial charge in [-0.3, -0.25) is 0 Å². The minimum Gasteiger partial charge on any atom is -0.383 e. The molecule has 90 valence electrons. The molecule has 5 nitrogen and oxygen atoms in total. The molecule has 1 heterocycles. The van der Waals surface area contributed by atoms with Crippen LogP contribution in [0.5, 0.6) is 0 Å². The van der Waals surface area contributed by atoms with Gasteiger partial charge in [0.25, 0.3) is 0 Å². The topological polar surface area (TPSA) is 64.3 Å². The Kier molecular flexibility index (Phi) is 4.98. The second-order valence-electron chi connectivity index (χ2n) is 3.72. The third-order valence-corrected chi connectivity index (χ3v) is 2.61. The second kappa shape index (κ2) is 6.27. The predicted molar refractivity (Wildman–Crippen MR) is 65.4 cm³/mol. The fraction of sp³-hybridized carbons (Fsp3) is 0.636. The molecule has 0 aromatic carbocycles. The van der Waals surface area contributed by atoms with E-state index in [0.29, 0.717) is 18.6 Å². The van der Waals surface area contributed by atoms with Crippen LogP contribution in [0.1, 0.15) is 20.3 Å². The van der Waals surface area contributed by atoms with Crippen molar-refractivity contribution in [2.45, 2.75) is 26.3 Å². The zero-order chi connectivity index (χ0) is 12.0. The van der Waals surface area contributed by atoms with Crippen LogP contribution in [0.4, 0.5) is 11.8 Å². The lowest BCUT2D eigenvalue weighted by molar-refractivity contribution is 0.203. The Morgan fingerprint density at radius 1 is 1.56 bits per heavy atom. The summed E-state index contributed by atoms with van der Waals surface area (Å²) in [5.74, 6) is 1.17. The Bertz CT molecular complexity index is 319. The highest BCUT2D eigenvalue weighted by molar-refractivity contribution is 5.41. The molecule has 0 bridgehead atoms. The van der Waals surface area contributed by atoms with Crippen molar-refractivity contribution in [3.05, 3.63) is 12.3 Å². The SMILES string of the molecule is CCC(C)N(CCOC)c1ccnc(N)n1. The van der Waals surface area contributed by atoms with Gasteiger partial charge in [-0.2, -0.15) is 4.98 Å². The van der Waals surface area contributed by atoms with Gasteiger partial charge >= 0.3 is 0 Å². The van der Waals surface area contributed by atoms with E-state index in [4.69, 9.17) is 10.5 Å². The number of hydrogen-bond donors (Lipinski definition) is 1. The molecule has 2 N–H and O–H groups in total. The normalized spacial score (nSPS) is 12.4. The summed E-state index contributed by atoms with van der Waals surface area (Å²) in [7, 11) is 1.70. The van der Waals surface area contributed by atoms with Crippen molar-refractivity contribution in [2.24, 2.45) is 0 Å². The third-order valence-electron chi connectivity index (χ3n) is 2.61.